The molecule has 7 heteroatoms. The number of rotatable bonds is 4. The summed E-state index contributed by atoms with van der Waals surface area (Å²) in [6, 6.07) is 7.11. The van der Waals surface area contributed by atoms with E-state index in [1.807, 2.05) is 0 Å². The number of piperidine rings is 1. The molecule has 1 aromatic rings. The molecule has 1 aromatic carbocycles. The van der Waals surface area contributed by atoms with Crippen molar-refractivity contribution in [1.82, 2.24) is 4.90 Å². The number of carbonyl (C=O) groups excluding carboxylic acids is 2. The number of nitrogens with zero attached hydrogens (tertiary/aromatic N) is 1. The average molecular weight is 360 g/mol. The van der Waals surface area contributed by atoms with Gasteiger partial charge >= 0.3 is 0 Å². The van der Waals surface area contributed by atoms with E-state index in [4.69, 9.17) is 14.2 Å². The van der Waals surface area contributed by atoms with Crippen LogP contribution in [0.4, 0.5) is 5.69 Å². The molecule has 0 bridgehead atoms. The number of methoxy groups -OCH3 is 1. The molecule has 0 atom stereocenters. The average Bonchev–Trinajstić information content (AvgIpc) is 3.38. The molecule has 1 saturated carbocycles. The van der Waals surface area contributed by atoms with Crippen molar-refractivity contribution in [1.29, 1.82) is 0 Å². The minimum Gasteiger partial charge on any atom is -0.497 e. The van der Waals surface area contributed by atoms with Crippen LogP contribution in [0.3, 0.4) is 0 Å². The van der Waals surface area contributed by atoms with Gasteiger partial charge in [-0.1, -0.05) is 0 Å². The zero-order chi connectivity index (χ0) is 18.2. The number of anilines is 1. The number of hydrogen-bond donors (Lipinski definition) is 1. The van der Waals surface area contributed by atoms with Crippen LogP contribution < -0.4 is 10.1 Å². The van der Waals surface area contributed by atoms with Crippen molar-refractivity contribution >= 4 is 17.5 Å². The number of ether oxygens (including phenoxy) is 3. The maximum absolute atomic E-state index is 13.0. The summed E-state index contributed by atoms with van der Waals surface area (Å²) >= 11 is 0. The van der Waals surface area contributed by atoms with Crippen molar-refractivity contribution in [3.63, 3.8) is 0 Å². The van der Waals surface area contributed by atoms with E-state index < -0.39 is 11.2 Å². The summed E-state index contributed by atoms with van der Waals surface area (Å²) in [6.45, 7) is 2.36. The molecule has 2 heterocycles. The maximum atomic E-state index is 13.0. The van der Waals surface area contributed by atoms with Crippen LogP contribution in [-0.2, 0) is 19.1 Å². The second kappa shape index (κ2) is 6.55. The van der Waals surface area contributed by atoms with E-state index in [1.165, 1.54) is 0 Å². The first-order valence-electron chi connectivity index (χ1n) is 9.10. The van der Waals surface area contributed by atoms with Crippen LogP contribution in [0.1, 0.15) is 25.7 Å². The molecule has 4 rings (SSSR count). The van der Waals surface area contributed by atoms with Gasteiger partial charge in [-0.25, -0.2) is 0 Å². The van der Waals surface area contributed by atoms with Gasteiger partial charge in [0.1, 0.15) is 11.2 Å². The number of hydrogen-bond acceptors (Lipinski definition) is 5. The smallest absolute Gasteiger partial charge is 0.240 e. The van der Waals surface area contributed by atoms with Crippen LogP contribution in [0.15, 0.2) is 24.3 Å². The number of carbonyl (C=O) groups is 2. The summed E-state index contributed by atoms with van der Waals surface area (Å²) in [7, 11) is 1.59. The molecule has 7 nitrogen and oxygen atoms in total. The predicted octanol–water partition coefficient (Wildman–Crippen LogP) is 1.78. The highest BCUT2D eigenvalue weighted by molar-refractivity contribution is 6.13. The maximum Gasteiger partial charge on any atom is 0.240 e. The Morgan fingerprint density at radius 3 is 2.19 bits per heavy atom. The zero-order valence-electron chi connectivity index (χ0n) is 15.0. The summed E-state index contributed by atoms with van der Waals surface area (Å²) in [4.78, 5) is 27.5. The Labute approximate surface area is 152 Å². The first-order valence-corrected chi connectivity index (χ1v) is 9.10. The molecule has 0 radical (unpaired) electrons. The molecule has 2 aliphatic heterocycles. The molecule has 26 heavy (non-hydrogen) atoms. The second-order valence-electron chi connectivity index (χ2n) is 7.16. The van der Waals surface area contributed by atoms with E-state index >= 15 is 0 Å². The third kappa shape index (κ3) is 3.05. The first-order chi connectivity index (χ1) is 12.6. The molecule has 0 aromatic heterocycles. The Morgan fingerprint density at radius 1 is 1.04 bits per heavy atom. The van der Waals surface area contributed by atoms with Gasteiger partial charge in [0.2, 0.25) is 11.8 Å². The standard InChI is InChI=1S/C19H24N2O5/c1-24-15-4-2-14(3-5-15)20-16(22)18(6-7-18)17(23)21-10-8-19(9-11-21)25-12-13-26-19/h2-5H,6-13H2,1H3,(H,20,22). The highest BCUT2D eigenvalue weighted by Crippen LogP contribution is 2.49. The summed E-state index contributed by atoms with van der Waals surface area (Å²) in [5, 5.41) is 2.87. The van der Waals surface area contributed by atoms with E-state index in [0.29, 0.717) is 57.7 Å². The van der Waals surface area contributed by atoms with Crippen LogP contribution >= 0.6 is 0 Å². The molecular formula is C19H24N2O5. The van der Waals surface area contributed by atoms with Crippen molar-refractivity contribution in [3.05, 3.63) is 24.3 Å². The Hall–Kier alpha value is -2.12. The van der Waals surface area contributed by atoms with Crippen LogP contribution in [0, 0.1) is 5.41 Å². The minimum absolute atomic E-state index is 0.0728. The number of likely N-dealkylation sites (tertiary alicyclic amines) is 1. The van der Waals surface area contributed by atoms with Crippen molar-refractivity contribution in [3.8, 4) is 5.75 Å². The fourth-order valence-electron chi connectivity index (χ4n) is 3.73. The Balaban J connectivity index is 1.38. The molecule has 1 aliphatic carbocycles. The largest absolute Gasteiger partial charge is 0.497 e. The summed E-state index contributed by atoms with van der Waals surface area (Å²) in [6.07, 6.45) is 2.52. The van der Waals surface area contributed by atoms with Crippen molar-refractivity contribution < 1.29 is 23.8 Å². The van der Waals surface area contributed by atoms with Gasteiger partial charge in [-0.15, -0.1) is 0 Å². The van der Waals surface area contributed by atoms with Gasteiger partial charge in [0.05, 0.1) is 20.3 Å². The Morgan fingerprint density at radius 2 is 1.65 bits per heavy atom. The SMILES string of the molecule is COc1ccc(NC(=O)C2(C(=O)N3CCC4(CC3)OCCO4)CC2)cc1. The van der Waals surface area contributed by atoms with E-state index in [9.17, 15) is 9.59 Å². The van der Waals surface area contributed by atoms with Crippen molar-refractivity contribution in [2.75, 3.05) is 38.7 Å². The fourth-order valence-corrected chi connectivity index (χ4v) is 3.73. The van der Waals surface area contributed by atoms with E-state index in [0.717, 1.165) is 5.75 Å². The molecule has 1 N–H and O–H groups in total. The highest BCUT2D eigenvalue weighted by Gasteiger charge is 2.58. The third-order valence-corrected chi connectivity index (χ3v) is 5.57. The minimum atomic E-state index is -0.915. The molecule has 1 spiro atoms. The van der Waals surface area contributed by atoms with Crippen molar-refractivity contribution in [2.24, 2.45) is 5.41 Å². The van der Waals surface area contributed by atoms with E-state index in [2.05, 4.69) is 5.32 Å². The highest BCUT2D eigenvalue weighted by atomic mass is 16.7. The fraction of sp³-hybridized carbons (Fsp3) is 0.579. The topological polar surface area (TPSA) is 77.1 Å². The van der Waals surface area contributed by atoms with Gasteiger partial charge < -0.3 is 24.4 Å². The molecule has 0 unspecified atom stereocenters. The number of nitrogens with one attached hydrogen (secondary N) is 1. The molecule has 3 aliphatic rings. The summed E-state index contributed by atoms with van der Waals surface area (Å²) in [5.74, 6) is -0.0877. The molecule has 2 amide bonds. The van der Waals surface area contributed by atoms with Gasteiger partial charge in [-0.05, 0) is 37.1 Å². The van der Waals surface area contributed by atoms with Gasteiger partial charge in [0.15, 0.2) is 5.79 Å². The molecule has 3 fully saturated rings. The molecule has 2 saturated heterocycles. The summed E-state index contributed by atoms with van der Waals surface area (Å²) in [5.41, 5.74) is -0.248. The third-order valence-electron chi connectivity index (χ3n) is 5.57. The lowest BCUT2D eigenvalue weighted by molar-refractivity contribution is -0.188. The quantitative estimate of drug-likeness (QED) is 0.829. The van der Waals surface area contributed by atoms with Crippen LogP contribution in [-0.4, -0.2) is 55.9 Å². The van der Waals surface area contributed by atoms with E-state index in [1.54, 1.807) is 36.3 Å². The monoisotopic (exact) mass is 360 g/mol. The van der Waals surface area contributed by atoms with Gasteiger partial charge in [0, 0.05) is 31.6 Å². The number of amides is 2. The van der Waals surface area contributed by atoms with Gasteiger partial charge in [-0.3, -0.25) is 9.59 Å². The normalized spacial score (nSPS) is 22.9. The van der Waals surface area contributed by atoms with Crippen LogP contribution in [0.25, 0.3) is 0 Å². The predicted molar refractivity (Wildman–Crippen MR) is 93.7 cm³/mol. The van der Waals surface area contributed by atoms with Gasteiger partial charge in [0.25, 0.3) is 0 Å². The lowest BCUT2D eigenvalue weighted by Gasteiger charge is -2.38. The zero-order valence-corrected chi connectivity index (χ0v) is 15.0. The first kappa shape index (κ1) is 17.3. The lowest BCUT2D eigenvalue weighted by Crippen LogP contribution is -2.51. The van der Waals surface area contributed by atoms with Crippen LogP contribution in [0.5, 0.6) is 5.75 Å². The second-order valence-corrected chi connectivity index (χ2v) is 7.16. The van der Waals surface area contributed by atoms with Gasteiger partial charge in [-0.2, -0.15) is 0 Å². The molecule has 140 valence electrons. The van der Waals surface area contributed by atoms with Crippen molar-refractivity contribution in [2.45, 2.75) is 31.5 Å². The lowest BCUT2D eigenvalue weighted by atomic mass is 9.98. The Kier molecular flexibility index (Phi) is 4.36. The number of benzene rings is 1. The van der Waals surface area contributed by atoms with E-state index in [-0.39, 0.29) is 11.8 Å². The molecular weight excluding hydrogens is 336 g/mol. The summed E-state index contributed by atoms with van der Waals surface area (Å²) < 4.78 is 16.5. The Bertz CT molecular complexity index is 682. The van der Waals surface area contributed by atoms with Crippen LogP contribution in [0.2, 0.25) is 0 Å².